The molecule has 164 valence electrons. The van der Waals surface area contributed by atoms with Gasteiger partial charge in [0.05, 0.1) is 5.69 Å². The van der Waals surface area contributed by atoms with Gasteiger partial charge in [0.2, 0.25) is 17.6 Å². The highest BCUT2D eigenvalue weighted by molar-refractivity contribution is 5.92. The molecule has 0 saturated heterocycles. The number of amides is 3. The number of rotatable bonds is 7. The molecule has 9 nitrogen and oxygen atoms in total. The minimum Gasteiger partial charge on any atom is -0.355 e. The normalized spacial score (nSPS) is 16.8. The first kappa shape index (κ1) is 21.2. The van der Waals surface area contributed by atoms with Crippen LogP contribution in [-0.4, -0.2) is 39.0 Å². The molecule has 1 fully saturated rings. The molecule has 9 heteroatoms. The van der Waals surface area contributed by atoms with Gasteiger partial charge < -0.3 is 5.32 Å². The Bertz CT molecular complexity index is 1060. The van der Waals surface area contributed by atoms with Crippen molar-refractivity contribution in [3.8, 4) is 17.1 Å². The van der Waals surface area contributed by atoms with Gasteiger partial charge in [-0.3, -0.25) is 25.2 Å². The molecule has 1 saturated carbocycles. The first-order valence-electron chi connectivity index (χ1n) is 10.5. The summed E-state index contributed by atoms with van der Waals surface area (Å²) in [5.74, 6) is -0.198. The standard InChI is InChI=1S/C23H24N6O3/c1-15-14-18(15)22(31)24-13-12-19(30)26-27-23(32)20-25-21(16-8-4-2-5-9-16)29(28-20)17-10-6-3-7-11-17/h2-11,15,18H,12-14H2,1H3,(H,24,31)(H,26,30)(H,27,32). The largest absolute Gasteiger partial charge is 0.355 e. The third-order valence-corrected chi connectivity index (χ3v) is 5.26. The van der Waals surface area contributed by atoms with Gasteiger partial charge >= 0.3 is 5.91 Å². The first-order chi connectivity index (χ1) is 15.5. The number of hydrogen-bond donors (Lipinski definition) is 3. The topological polar surface area (TPSA) is 118 Å². The molecule has 1 heterocycles. The SMILES string of the molecule is CC1CC1C(=O)NCCC(=O)NNC(=O)c1nc(-c2ccccc2)n(-c2ccccc2)n1. The van der Waals surface area contributed by atoms with Crippen molar-refractivity contribution in [1.82, 2.24) is 30.9 Å². The number of para-hydroxylation sites is 1. The van der Waals surface area contributed by atoms with Gasteiger partial charge in [-0.1, -0.05) is 55.5 Å². The van der Waals surface area contributed by atoms with Crippen LogP contribution in [0, 0.1) is 11.8 Å². The fourth-order valence-corrected chi connectivity index (χ4v) is 3.29. The van der Waals surface area contributed by atoms with Crippen LogP contribution in [0.25, 0.3) is 17.1 Å². The van der Waals surface area contributed by atoms with Crippen molar-refractivity contribution in [2.45, 2.75) is 19.8 Å². The van der Waals surface area contributed by atoms with Crippen molar-refractivity contribution in [3.63, 3.8) is 0 Å². The number of aromatic nitrogens is 3. The van der Waals surface area contributed by atoms with Gasteiger partial charge in [-0.25, -0.2) is 9.67 Å². The lowest BCUT2D eigenvalue weighted by Gasteiger charge is -2.06. The van der Waals surface area contributed by atoms with Gasteiger partial charge in [0.1, 0.15) is 0 Å². The number of benzene rings is 2. The van der Waals surface area contributed by atoms with E-state index in [1.54, 1.807) is 4.68 Å². The quantitative estimate of drug-likeness (QED) is 0.493. The van der Waals surface area contributed by atoms with E-state index in [0.29, 0.717) is 11.7 Å². The summed E-state index contributed by atoms with van der Waals surface area (Å²) in [5.41, 5.74) is 6.22. The summed E-state index contributed by atoms with van der Waals surface area (Å²) < 4.78 is 1.58. The van der Waals surface area contributed by atoms with Crippen LogP contribution in [0.1, 0.15) is 30.4 Å². The summed E-state index contributed by atoms with van der Waals surface area (Å²) in [6, 6.07) is 18.8. The molecule has 2 atom stereocenters. The molecule has 2 unspecified atom stereocenters. The van der Waals surface area contributed by atoms with Crippen molar-refractivity contribution in [3.05, 3.63) is 66.5 Å². The van der Waals surface area contributed by atoms with Gasteiger partial charge in [-0.15, -0.1) is 5.10 Å². The Balaban J connectivity index is 1.38. The molecule has 1 aliphatic carbocycles. The van der Waals surface area contributed by atoms with E-state index in [1.165, 1.54) is 0 Å². The molecule has 1 aromatic heterocycles. The Hall–Kier alpha value is -4.01. The Morgan fingerprint density at radius 3 is 2.31 bits per heavy atom. The van der Waals surface area contributed by atoms with E-state index in [2.05, 4.69) is 26.3 Å². The van der Waals surface area contributed by atoms with Crippen LogP contribution in [-0.2, 0) is 9.59 Å². The maximum atomic E-state index is 12.6. The van der Waals surface area contributed by atoms with Crippen LogP contribution >= 0.6 is 0 Å². The van der Waals surface area contributed by atoms with Crippen LogP contribution in [0.15, 0.2) is 60.7 Å². The highest BCUT2D eigenvalue weighted by atomic mass is 16.2. The second-order valence-corrected chi connectivity index (χ2v) is 7.74. The summed E-state index contributed by atoms with van der Waals surface area (Å²) in [6.07, 6.45) is 0.940. The average molecular weight is 432 g/mol. The second-order valence-electron chi connectivity index (χ2n) is 7.74. The summed E-state index contributed by atoms with van der Waals surface area (Å²) in [5, 5.41) is 7.07. The smallest absolute Gasteiger partial charge is 0.309 e. The average Bonchev–Trinajstić information content (AvgIpc) is 3.39. The van der Waals surface area contributed by atoms with E-state index in [0.717, 1.165) is 17.7 Å². The molecule has 4 rings (SSSR count). The van der Waals surface area contributed by atoms with Gasteiger partial charge in [-0.05, 0) is 24.5 Å². The minimum absolute atomic E-state index is 0.0292. The van der Waals surface area contributed by atoms with E-state index in [9.17, 15) is 14.4 Å². The molecule has 32 heavy (non-hydrogen) atoms. The Labute approximate surface area is 185 Å². The summed E-state index contributed by atoms with van der Waals surface area (Å²) in [4.78, 5) is 40.7. The minimum atomic E-state index is -0.638. The zero-order valence-corrected chi connectivity index (χ0v) is 17.6. The highest BCUT2D eigenvalue weighted by Crippen LogP contribution is 2.37. The number of nitrogens with one attached hydrogen (secondary N) is 3. The van der Waals surface area contributed by atoms with Gasteiger partial charge in [0.15, 0.2) is 5.82 Å². The number of hydrazine groups is 1. The summed E-state index contributed by atoms with van der Waals surface area (Å²) >= 11 is 0. The maximum absolute atomic E-state index is 12.6. The predicted octanol–water partition coefficient (Wildman–Crippen LogP) is 1.86. The van der Waals surface area contributed by atoms with E-state index in [1.807, 2.05) is 67.6 Å². The number of carbonyl (C=O) groups is 3. The second kappa shape index (κ2) is 9.42. The van der Waals surface area contributed by atoms with E-state index < -0.39 is 11.8 Å². The molecule has 0 radical (unpaired) electrons. The number of hydrogen-bond acceptors (Lipinski definition) is 5. The third kappa shape index (κ3) is 5.00. The van der Waals surface area contributed by atoms with Gasteiger partial charge in [-0.2, -0.15) is 0 Å². The molecule has 0 aliphatic heterocycles. The lowest BCUT2D eigenvalue weighted by atomic mass is 10.2. The Kier molecular flexibility index (Phi) is 6.25. The van der Waals surface area contributed by atoms with Gasteiger partial charge in [0.25, 0.3) is 0 Å². The van der Waals surface area contributed by atoms with Crippen LogP contribution in [0.5, 0.6) is 0 Å². The lowest BCUT2D eigenvalue weighted by Crippen LogP contribution is -2.43. The molecule has 3 N–H and O–H groups in total. The van der Waals surface area contributed by atoms with Crippen molar-refractivity contribution < 1.29 is 14.4 Å². The van der Waals surface area contributed by atoms with Crippen LogP contribution < -0.4 is 16.2 Å². The Morgan fingerprint density at radius 1 is 1.00 bits per heavy atom. The number of carbonyl (C=O) groups excluding carboxylic acids is 3. The zero-order chi connectivity index (χ0) is 22.5. The first-order valence-corrected chi connectivity index (χ1v) is 10.5. The molecular formula is C23H24N6O3. The predicted molar refractivity (Wildman–Crippen MR) is 117 cm³/mol. The summed E-state index contributed by atoms with van der Waals surface area (Å²) in [7, 11) is 0. The van der Waals surface area contributed by atoms with Crippen molar-refractivity contribution in [2.75, 3.05) is 6.54 Å². The lowest BCUT2D eigenvalue weighted by molar-refractivity contribution is -0.123. The fraction of sp³-hybridized carbons (Fsp3) is 0.261. The van der Waals surface area contributed by atoms with Gasteiger partial charge in [0, 0.05) is 24.4 Å². The molecule has 1 aliphatic rings. The Morgan fingerprint density at radius 2 is 1.66 bits per heavy atom. The zero-order valence-electron chi connectivity index (χ0n) is 17.6. The van der Waals surface area contributed by atoms with Crippen LogP contribution in [0.2, 0.25) is 0 Å². The van der Waals surface area contributed by atoms with Crippen LogP contribution in [0.3, 0.4) is 0 Å². The monoisotopic (exact) mass is 432 g/mol. The molecule has 0 spiro atoms. The van der Waals surface area contributed by atoms with Crippen molar-refractivity contribution in [2.24, 2.45) is 11.8 Å². The third-order valence-electron chi connectivity index (χ3n) is 5.26. The fourth-order valence-electron chi connectivity index (χ4n) is 3.29. The summed E-state index contributed by atoms with van der Waals surface area (Å²) in [6.45, 7) is 2.23. The van der Waals surface area contributed by atoms with E-state index in [-0.39, 0.29) is 30.6 Å². The number of nitrogens with zero attached hydrogens (tertiary/aromatic N) is 3. The molecular weight excluding hydrogens is 408 g/mol. The van der Waals surface area contributed by atoms with E-state index in [4.69, 9.17) is 0 Å². The van der Waals surface area contributed by atoms with Crippen molar-refractivity contribution >= 4 is 17.7 Å². The maximum Gasteiger partial charge on any atom is 0.309 e. The van der Waals surface area contributed by atoms with E-state index >= 15 is 0 Å². The molecule has 3 amide bonds. The molecule has 3 aromatic rings. The molecule has 0 bridgehead atoms. The van der Waals surface area contributed by atoms with Crippen molar-refractivity contribution in [1.29, 1.82) is 0 Å². The molecule has 2 aromatic carbocycles. The highest BCUT2D eigenvalue weighted by Gasteiger charge is 2.38. The van der Waals surface area contributed by atoms with Crippen LogP contribution in [0.4, 0.5) is 0 Å².